The van der Waals surface area contributed by atoms with E-state index in [1.165, 1.54) is 0 Å². The molecule has 150 valence electrons. The van der Waals surface area contributed by atoms with Gasteiger partial charge in [0, 0.05) is 18.9 Å². The Kier molecular flexibility index (Phi) is 5.18. The zero-order valence-corrected chi connectivity index (χ0v) is 16.3. The molecule has 2 amide bonds. The Morgan fingerprint density at radius 3 is 2.79 bits per heavy atom. The summed E-state index contributed by atoms with van der Waals surface area (Å²) in [5.74, 6) is 0.783. The molecule has 4 rings (SSSR count). The van der Waals surface area contributed by atoms with Crippen molar-refractivity contribution in [2.24, 2.45) is 0 Å². The molecule has 29 heavy (non-hydrogen) atoms. The summed E-state index contributed by atoms with van der Waals surface area (Å²) in [6, 6.07) is 14.1. The first-order chi connectivity index (χ1) is 14.1. The maximum Gasteiger partial charge on any atom is 0.253 e. The van der Waals surface area contributed by atoms with Crippen molar-refractivity contribution in [1.82, 2.24) is 9.55 Å². The molecule has 1 aromatic heterocycles. The van der Waals surface area contributed by atoms with Gasteiger partial charge in [0.2, 0.25) is 11.9 Å². The molecule has 1 atom stereocenters. The number of imidazole rings is 1. The second kappa shape index (κ2) is 7.92. The van der Waals surface area contributed by atoms with Crippen molar-refractivity contribution in [3.63, 3.8) is 0 Å². The van der Waals surface area contributed by atoms with Gasteiger partial charge in [0.15, 0.2) is 0 Å². The molecular weight excluding hydrogens is 372 g/mol. The number of carbonyl (C=O) groups excluding carboxylic acids is 2. The molecule has 2 heterocycles. The van der Waals surface area contributed by atoms with E-state index in [0.29, 0.717) is 30.5 Å². The Morgan fingerprint density at radius 1 is 1.17 bits per heavy atom. The molecule has 1 aliphatic heterocycles. The van der Waals surface area contributed by atoms with Gasteiger partial charge in [-0.3, -0.25) is 19.1 Å². The van der Waals surface area contributed by atoms with Crippen LogP contribution in [0.3, 0.4) is 0 Å². The molecule has 1 aliphatic rings. The lowest BCUT2D eigenvalue weighted by atomic mass is 10.1. The fourth-order valence-electron chi connectivity index (χ4n) is 3.58. The molecule has 1 unspecified atom stereocenters. The van der Waals surface area contributed by atoms with Crippen molar-refractivity contribution in [3.8, 4) is 5.75 Å². The van der Waals surface area contributed by atoms with Crippen molar-refractivity contribution in [3.05, 3.63) is 48.5 Å². The normalized spacial score (nSPS) is 15.6. The van der Waals surface area contributed by atoms with Gasteiger partial charge < -0.3 is 14.8 Å². The second-order valence-electron chi connectivity index (χ2n) is 6.75. The monoisotopic (exact) mass is 394 g/mol. The molecule has 0 fully saturated rings. The van der Waals surface area contributed by atoms with Crippen LogP contribution in [0.5, 0.6) is 5.75 Å². The largest absolute Gasteiger partial charge is 0.497 e. The van der Waals surface area contributed by atoms with Crippen LogP contribution in [0, 0.1) is 0 Å². The number of benzene rings is 2. The first-order valence-corrected chi connectivity index (χ1v) is 9.33. The van der Waals surface area contributed by atoms with E-state index < -0.39 is 6.04 Å². The Bertz CT molecular complexity index is 1060. The van der Waals surface area contributed by atoms with E-state index in [2.05, 4.69) is 10.3 Å². The molecule has 1 N–H and O–H groups in total. The number of fused-ring (bicyclic) bond motifs is 3. The summed E-state index contributed by atoms with van der Waals surface area (Å²) in [5, 5.41) is 2.85. The first-order valence-electron chi connectivity index (χ1n) is 9.33. The van der Waals surface area contributed by atoms with E-state index in [0.717, 1.165) is 11.0 Å². The molecule has 2 aromatic carbocycles. The summed E-state index contributed by atoms with van der Waals surface area (Å²) in [6.07, 6.45) is 0.00682. The van der Waals surface area contributed by atoms with E-state index >= 15 is 0 Å². The highest BCUT2D eigenvalue weighted by atomic mass is 16.5. The van der Waals surface area contributed by atoms with Crippen LogP contribution in [-0.4, -0.2) is 48.7 Å². The molecule has 3 aromatic rings. The number of hydrogen-bond acceptors (Lipinski definition) is 5. The summed E-state index contributed by atoms with van der Waals surface area (Å²) in [4.78, 5) is 32.0. The lowest BCUT2D eigenvalue weighted by molar-refractivity contribution is -0.124. The minimum absolute atomic E-state index is 0.00682. The number of aromatic nitrogens is 2. The standard InChI is InChI=1S/C21H22N4O4/c1-28-11-10-24-20(27)18(25-17-9-4-3-8-16(17)23-21(24)25)13-19(26)22-14-6-5-7-15(12-14)29-2/h3-9,12,18H,10-11,13H2,1-2H3,(H,22,26). The van der Waals surface area contributed by atoms with Gasteiger partial charge in [0.05, 0.1) is 37.7 Å². The summed E-state index contributed by atoms with van der Waals surface area (Å²) in [5.41, 5.74) is 2.23. The highest BCUT2D eigenvalue weighted by Crippen LogP contribution is 2.36. The molecule has 0 spiro atoms. The molecule has 0 bridgehead atoms. The van der Waals surface area contributed by atoms with E-state index in [-0.39, 0.29) is 18.2 Å². The Hall–Kier alpha value is -3.39. The zero-order valence-electron chi connectivity index (χ0n) is 16.3. The molecule has 0 radical (unpaired) electrons. The Morgan fingerprint density at radius 2 is 2.00 bits per heavy atom. The molecule has 8 nitrogen and oxygen atoms in total. The van der Waals surface area contributed by atoms with Gasteiger partial charge in [-0.05, 0) is 24.3 Å². The summed E-state index contributed by atoms with van der Waals surface area (Å²) in [6.45, 7) is 0.768. The number of nitrogens with one attached hydrogen (secondary N) is 1. The number of para-hydroxylation sites is 2. The lowest BCUT2D eigenvalue weighted by Gasteiger charge is -2.15. The van der Waals surface area contributed by atoms with E-state index in [9.17, 15) is 9.59 Å². The quantitative estimate of drug-likeness (QED) is 0.666. The van der Waals surface area contributed by atoms with Crippen LogP contribution in [0.25, 0.3) is 11.0 Å². The van der Waals surface area contributed by atoms with Gasteiger partial charge in [-0.1, -0.05) is 18.2 Å². The average molecular weight is 394 g/mol. The van der Waals surface area contributed by atoms with Crippen LogP contribution in [0.15, 0.2) is 48.5 Å². The molecule has 0 saturated heterocycles. The van der Waals surface area contributed by atoms with Crippen molar-refractivity contribution in [1.29, 1.82) is 0 Å². The highest BCUT2D eigenvalue weighted by Gasteiger charge is 2.40. The summed E-state index contributed by atoms with van der Waals surface area (Å²) >= 11 is 0. The van der Waals surface area contributed by atoms with Crippen molar-refractivity contribution < 1.29 is 19.1 Å². The maximum absolute atomic E-state index is 13.1. The van der Waals surface area contributed by atoms with E-state index in [1.807, 2.05) is 28.8 Å². The van der Waals surface area contributed by atoms with Crippen molar-refractivity contribution in [2.45, 2.75) is 12.5 Å². The van der Waals surface area contributed by atoms with Gasteiger partial charge in [-0.25, -0.2) is 4.98 Å². The number of ether oxygens (including phenoxy) is 2. The van der Waals surface area contributed by atoms with Gasteiger partial charge in [0.25, 0.3) is 5.91 Å². The second-order valence-corrected chi connectivity index (χ2v) is 6.75. The van der Waals surface area contributed by atoms with Crippen LogP contribution in [-0.2, 0) is 14.3 Å². The number of methoxy groups -OCH3 is 2. The first kappa shape index (κ1) is 18.9. The topological polar surface area (TPSA) is 85.7 Å². The minimum Gasteiger partial charge on any atom is -0.497 e. The third-order valence-electron chi connectivity index (χ3n) is 4.93. The minimum atomic E-state index is -0.653. The van der Waals surface area contributed by atoms with Gasteiger partial charge in [0.1, 0.15) is 11.8 Å². The molecular formula is C21H22N4O4. The summed E-state index contributed by atoms with van der Waals surface area (Å²) < 4.78 is 12.2. The Balaban J connectivity index is 1.61. The van der Waals surface area contributed by atoms with Crippen molar-refractivity contribution in [2.75, 3.05) is 37.6 Å². The van der Waals surface area contributed by atoms with Crippen LogP contribution < -0.4 is 15.0 Å². The third-order valence-corrected chi connectivity index (χ3v) is 4.93. The number of anilines is 2. The van der Waals surface area contributed by atoms with E-state index in [4.69, 9.17) is 9.47 Å². The Labute approximate surface area is 168 Å². The molecule has 0 saturated carbocycles. The fourth-order valence-corrected chi connectivity index (χ4v) is 3.58. The molecule has 0 aliphatic carbocycles. The van der Waals surface area contributed by atoms with Gasteiger partial charge in [-0.2, -0.15) is 0 Å². The highest BCUT2D eigenvalue weighted by molar-refractivity contribution is 6.05. The summed E-state index contributed by atoms with van der Waals surface area (Å²) in [7, 11) is 3.15. The van der Waals surface area contributed by atoms with Crippen LogP contribution in [0.1, 0.15) is 12.5 Å². The predicted octanol–water partition coefficient (Wildman–Crippen LogP) is 2.61. The lowest BCUT2D eigenvalue weighted by Crippen LogP contribution is -2.33. The van der Waals surface area contributed by atoms with Crippen LogP contribution in [0.2, 0.25) is 0 Å². The van der Waals surface area contributed by atoms with E-state index in [1.54, 1.807) is 43.4 Å². The number of nitrogens with zero attached hydrogens (tertiary/aromatic N) is 3. The van der Waals surface area contributed by atoms with Crippen LogP contribution >= 0.6 is 0 Å². The predicted molar refractivity (Wildman–Crippen MR) is 109 cm³/mol. The van der Waals surface area contributed by atoms with Crippen LogP contribution in [0.4, 0.5) is 11.6 Å². The van der Waals surface area contributed by atoms with Crippen molar-refractivity contribution >= 4 is 34.5 Å². The van der Waals surface area contributed by atoms with Gasteiger partial charge >= 0.3 is 0 Å². The smallest absolute Gasteiger partial charge is 0.253 e. The third kappa shape index (κ3) is 3.54. The SMILES string of the molecule is COCCN1C(=O)C(CC(=O)Nc2cccc(OC)c2)n2c1nc1ccccc12. The number of amides is 2. The average Bonchev–Trinajstić information content (AvgIpc) is 3.22. The number of carbonyl (C=O) groups is 2. The number of rotatable bonds is 7. The van der Waals surface area contributed by atoms with Gasteiger partial charge in [-0.15, -0.1) is 0 Å². The molecule has 8 heteroatoms. The maximum atomic E-state index is 13.1. The number of hydrogen-bond donors (Lipinski definition) is 1. The zero-order chi connectivity index (χ0) is 20.4. The fraction of sp³-hybridized carbons (Fsp3) is 0.286.